The van der Waals surface area contributed by atoms with Gasteiger partial charge in [0.2, 0.25) is 0 Å². The van der Waals surface area contributed by atoms with E-state index < -0.39 is 0 Å². The van der Waals surface area contributed by atoms with Crippen molar-refractivity contribution in [2.45, 2.75) is 13.8 Å². The van der Waals surface area contributed by atoms with Gasteiger partial charge < -0.3 is 4.74 Å². The summed E-state index contributed by atoms with van der Waals surface area (Å²) in [5.41, 5.74) is 0. The number of hydrogen-bond acceptors (Lipinski definition) is 3. The second-order valence-electron chi connectivity index (χ2n) is 4.01. The van der Waals surface area contributed by atoms with E-state index in [2.05, 4.69) is 18.8 Å². The van der Waals surface area contributed by atoms with Crippen molar-refractivity contribution in [2.75, 3.05) is 18.1 Å². The number of carbonyl (C=O) groups is 1. The molecule has 1 aromatic heterocycles. The van der Waals surface area contributed by atoms with Gasteiger partial charge in [-0.1, -0.05) is 13.8 Å². The maximum atomic E-state index is 11.7. The Balaban J connectivity index is 2.33. The molecule has 0 radical (unpaired) electrons. The van der Waals surface area contributed by atoms with E-state index >= 15 is 0 Å². The molecule has 0 atom stereocenters. The fraction of sp³-hybridized carbons (Fsp3) is 0.455. The van der Waals surface area contributed by atoms with Crippen LogP contribution in [0.5, 0.6) is 5.75 Å². The number of hydrogen-bond donors (Lipinski definition) is 0. The van der Waals surface area contributed by atoms with E-state index in [1.165, 1.54) is 0 Å². The van der Waals surface area contributed by atoms with Crippen LogP contribution >= 0.6 is 0 Å². The van der Waals surface area contributed by atoms with Gasteiger partial charge in [0, 0.05) is 12.7 Å². The predicted octanol–water partition coefficient (Wildman–Crippen LogP) is 1.46. The van der Waals surface area contributed by atoms with Crippen molar-refractivity contribution in [3.63, 3.8) is 0 Å². The van der Waals surface area contributed by atoms with Gasteiger partial charge in [-0.3, -0.25) is 9.69 Å². The fourth-order valence-corrected chi connectivity index (χ4v) is 1.59. The van der Waals surface area contributed by atoms with E-state index in [-0.39, 0.29) is 12.5 Å². The number of pyridine rings is 1. The molecule has 1 aromatic rings. The molecule has 1 aliphatic rings. The van der Waals surface area contributed by atoms with Crippen molar-refractivity contribution in [2.24, 2.45) is 5.92 Å². The lowest BCUT2D eigenvalue weighted by molar-refractivity contribution is -0.121. The summed E-state index contributed by atoms with van der Waals surface area (Å²) >= 11 is 0. The molecule has 1 aliphatic heterocycles. The number of carbonyl (C=O) groups excluding carboxylic acids is 1. The molecule has 0 aliphatic carbocycles. The van der Waals surface area contributed by atoms with Crippen LogP contribution in [0.3, 0.4) is 0 Å². The Morgan fingerprint density at radius 1 is 1.60 bits per heavy atom. The lowest BCUT2D eigenvalue weighted by Crippen LogP contribution is -2.41. The summed E-state index contributed by atoms with van der Waals surface area (Å²) in [6, 6.07) is 3.64. The molecule has 4 heteroatoms. The Morgan fingerprint density at radius 3 is 3.13 bits per heavy atom. The third-order valence-corrected chi connectivity index (χ3v) is 2.21. The third kappa shape index (κ3) is 1.93. The van der Waals surface area contributed by atoms with E-state index in [1.54, 1.807) is 11.1 Å². The molecule has 0 fully saturated rings. The highest BCUT2D eigenvalue weighted by Crippen LogP contribution is 2.29. The van der Waals surface area contributed by atoms with Crippen LogP contribution in [-0.4, -0.2) is 24.0 Å². The number of aromatic nitrogens is 1. The van der Waals surface area contributed by atoms with Gasteiger partial charge in [-0.2, -0.15) is 0 Å². The van der Waals surface area contributed by atoms with Gasteiger partial charge in [-0.15, -0.1) is 0 Å². The van der Waals surface area contributed by atoms with Crippen LogP contribution in [0.25, 0.3) is 0 Å². The quantitative estimate of drug-likeness (QED) is 0.735. The van der Waals surface area contributed by atoms with E-state index in [0.717, 1.165) is 0 Å². The molecule has 0 saturated heterocycles. The first kappa shape index (κ1) is 9.96. The number of fused-ring (bicyclic) bond motifs is 1. The van der Waals surface area contributed by atoms with Gasteiger partial charge in [0.25, 0.3) is 5.91 Å². The van der Waals surface area contributed by atoms with Crippen LogP contribution in [0.15, 0.2) is 18.3 Å². The Labute approximate surface area is 88.9 Å². The van der Waals surface area contributed by atoms with E-state index in [0.29, 0.717) is 24.0 Å². The predicted molar refractivity (Wildman–Crippen MR) is 56.9 cm³/mol. The Bertz CT molecular complexity index is 377. The van der Waals surface area contributed by atoms with Crippen LogP contribution in [0, 0.1) is 5.92 Å². The summed E-state index contributed by atoms with van der Waals surface area (Å²) < 4.78 is 5.29. The summed E-state index contributed by atoms with van der Waals surface area (Å²) in [7, 11) is 0. The minimum atomic E-state index is -0.0186. The zero-order valence-corrected chi connectivity index (χ0v) is 8.93. The minimum absolute atomic E-state index is 0.0186. The molecular formula is C11H14N2O2. The number of amides is 1. The number of nitrogens with zero attached hydrogens (tertiary/aromatic N) is 2. The molecule has 0 N–H and O–H groups in total. The van der Waals surface area contributed by atoms with Gasteiger partial charge in [0.15, 0.2) is 18.2 Å². The SMILES string of the molecule is CC(C)CN1C(=O)COc2cccnc21. The molecule has 0 aromatic carbocycles. The van der Waals surface area contributed by atoms with Crippen LogP contribution in [0.4, 0.5) is 5.82 Å². The summed E-state index contributed by atoms with van der Waals surface area (Å²) in [5.74, 6) is 1.73. The second-order valence-corrected chi connectivity index (χ2v) is 4.01. The summed E-state index contributed by atoms with van der Waals surface area (Å²) in [4.78, 5) is 17.5. The van der Waals surface area contributed by atoms with Crippen molar-refractivity contribution >= 4 is 11.7 Å². The fourth-order valence-electron chi connectivity index (χ4n) is 1.59. The van der Waals surface area contributed by atoms with E-state index in [1.807, 2.05) is 12.1 Å². The normalized spacial score (nSPS) is 15.1. The molecule has 0 bridgehead atoms. The van der Waals surface area contributed by atoms with Crippen LogP contribution in [0.1, 0.15) is 13.8 Å². The molecule has 4 nitrogen and oxygen atoms in total. The van der Waals surface area contributed by atoms with Gasteiger partial charge in [-0.05, 0) is 18.1 Å². The largest absolute Gasteiger partial charge is 0.480 e. The highest BCUT2D eigenvalue weighted by molar-refractivity contribution is 5.96. The topological polar surface area (TPSA) is 42.4 Å². The summed E-state index contributed by atoms with van der Waals surface area (Å²) in [5, 5.41) is 0. The molecule has 2 rings (SSSR count). The average Bonchev–Trinajstić information content (AvgIpc) is 2.22. The van der Waals surface area contributed by atoms with Gasteiger partial charge in [-0.25, -0.2) is 4.98 Å². The lowest BCUT2D eigenvalue weighted by atomic mass is 10.2. The molecule has 80 valence electrons. The molecule has 0 saturated carbocycles. The van der Waals surface area contributed by atoms with Gasteiger partial charge in [0.1, 0.15) is 0 Å². The molecular weight excluding hydrogens is 192 g/mol. The Kier molecular flexibility index (Phi) is 2.58. The van der Waals surface area contributed by atoms with Gasteiger partial charge in [0.05, 0.1) is 0 Å². The zero-order valence-electron chi connectivity index (χ0n) is 8.93. The molecule has 0 unspecified atom stereocenters. The lowest BCUT2D eigenvalue weighted by Gasteiger charge is -2.29. The van der Waals surface area contributed by atoms with Crippen molar-refractivity contribution < 1.29 is 9.53 Å². The second kappa shape index (κ2) is 3.88. The molecule has 0 spiro atoms. The van der Waals surface area contributed by atoms with Crippen molar-refractivity contribution in [3.8, 4) is 5.75 Å². The van der Waals surface area contributed by atoms with Crippen LogP contribution < -0.4 is 9.64 Å². The highest BCUT2D eigenvalue weighted by Gasteiger charge is 2.26. The number of rotatable bonds is 2. The Hall–Kier alpha value is -1.58. The summed E-state index contributed by atoms with van der Waals surface area (Å²) in [6.45, 7) is 4.95. The van der Waals surface area contributed by atoms with Gasteiger partial charge >= 0.3 is 0 Å². The van der Waals surface area contributed by atoms with Crippen LogP contribution in [-0.2, 0) is 4.79 Å². The summed E-state index contributed by atoms with van der Waals surface area (Å²) in [6.07, 6.45) is 1.67. The molecule has 1 amide bonds. The molecule has 2 heterocycles. The smallest absolute Gasteiger partial charge is 0.266 e. The highest BCUT2D eigenvalue weighted by atomic mass is 16.5. The maximum absolute atomic E-state index is 11.7. The van der Waals surface area contributed by atoms with E-state index in [9.17, 15) is 4.79 Å². The monoisotopic (exact) mass is 206 g/mol. The van der Waals surface area contributed by atoms with Crippen LogP contribution in [0.2, 0.25) is 0 Å². The first-order chi connectivity index (χ1) is 7.18. The third-order valence-electron chi connectivity index (χ3n) is 2.21. The van der Waals surface area contributed by atoms with E-state index in [4.69, 9.17) is 4.74 Å². The Morgan fingerprint density at radius 2 is 2.40 bits per heavy atom. The standard InChI is InChI=1S/C11H14N2O2/c1-8(2)6-13-10(14)7-15-9-4-3-5-12-11(9)13/h3-5,8H,6-7H2,1-2H3. The van der Waals surface area contributed by atoms with Crippen molar-refractivity contribution in [1.29, 1.82) is 0 Å². The maximum Gasteiger partial charge on any atom is 0.266 e. The average molecular weight is 206 g/mol. The first-order valence-corrected chi connectivity index (χ1v) is 5.06. The number of anilines is 1. The molecule has 15 heavy (non-hydrogen) atoms. The van der Waals surface area contributed by atoms with Crippen molar-refractivity contribution in [3.05, 3.63) is 18.3 Å². The minimum Gasteiger partial charge on any atom is -0.480 e. The first-order valence-electron chi connectivity index (χ1n) is 5.06. The van der Waals surface area contributed by atoms with Crippen molar-refractivity contribution in [1.82, 2.24) is 4.98 Å². The zero-order chi connectivity index (χ0) is 10.8. The number of ether oxygens (including phenoxy) is 1.